The molecule has 1 amide bonds. The first kappa shape index (κ1) is 16.9. The Morgan fingerprint density at radius 2 is 2.00 bits per heavy atom. The molecule has 25 heavy (non-hydrogen) atoms. The van der Waals surface area contributed by atoms with E-state index in [1.807, 2.05) is 37.4 Å². The van der Waals surface area contributed by atoms with Gasteiger partial charge in [-0.05, 0) is 48.4 Å². The van der Waals surface area contributed by atoms with E-state index in [9.17, 15) is 9.90 Å². The van der Waals surface area contributed by atoms with Gasteiger partial charge in [0, 0.05) is 37.2 Å². The van der Waals surface area contributed by atoms with Crippen LogP contribution in [0, 0.1) is 6.92 Å². The van der Waals surface area contributed by atoms with Crippen LogP contribution in [0.25, 0.3) is 5.69 Å². The summed E-state index contributed by atoms with van der Waals surface area (Å²) in [6.45, 7) is 2.57. The summed E-state index contributed by atoms with van der Waals surface area (Å²) in [6.07, 6.45) is 7.13. The van der Waals surface area contributed by atoms with Crippen LogP contribution in [-0.2, 0) is 6.54 Å². The Morgan fingerprint density at radius 1 is 1.20 bits per heavy atom. The minimum Gasteiger partial charge on any atom is -0.395 e. The van der Waals surface area contributed by atoms with Crippen LogP contribution in [0.15, 0.2) is 61.2 Å². The normalized spacial score (nSPS) is 10.6. The molecule has 3 rings (SSSR count). The van der Waals surface area contributed by atoms with Gasteiger partial charge in [0.25, 0.3) is 5.91 Å². The van der Waals surface area contributed by atoms with Crippen molar-refractivity contribution in [2.75, 3.05) is 13.2 Å². The van der Waals surface area contributed by atoms with Crippen molar-refractivity contribution in [3.05, 3.63) is 77.9 Å². The first-order chi connectivity index (χ1) is 12.2. The van der Waals surface area contributed by atoms with Crippen LogP contribution in [-0.4, -0.2) is 43.8 Å². The van der Waals surface area contributed by atoms with E-state index in [2.05, 4.69) is 10.1 Å². The second kappa shape index (κ2) is 7.72. The molecule has 0 radical (unpaired) electrons. The van der Waals surface area contributed by atoms with Crippen LogP contribution in [0.3, 0.4) is 0 Å². The average molecular weight is 336 g/mol. The lowest BCUT2D eigenvalue weighted by Gasteiger charge is -2.22. The zero-order valence-corrected chi connectivity index (χ0v) is 14.0. The highest BCUT2D eigenvalue weighted by Crippen LogP contribution is 2.13. The fourth-order valence-corrected chi connectivity index (χ4v) is 2.58. The number of carbonyl (C=O) groups excluding carboxylic acids is 1. The molecule has 0 aliphatic heterocycles. The summed E-state index contributed by atoms with van der Waals surface area (Å²) in [6, 6.07) is 11.0. The topological polar surface area (TPSA) is 71.2 Å². The van der Waals surface area contributed by atoms with Crippen LogP contribution >= 0.6 is 0 Å². The van der Waals surface area contributed by atoms with Gasteiger partial charge >= 0.3 is 0 Å². The van der Waals surface area contributed by atoms with E-state index in [4.69, 9.17) is 0 Å². The van der Waals surface area contributed by atoms with Gasteiger partial charge in [-0.3, -0.25) is 9.78 Å². The van der Waals surface area contributed by atoms with Crippen LogP contribution < -0.4 is 0 Å². The van der Waals surface area contributed by atoms with Crippen LogP contribution in [0.5, 0.6) is 0 Å². The molecule has 3 aromatic rings. The zero-order chi connectivity index (χ0) is 17.6. The molecule has 128 valence electrons. The second-order valence-electron chi connectivity index (χ2n) is 5.82. The van der Waals surface area contributed by atoms with E-state index in [1.165, 1.54) is 0 Å². The lowest BCUT2D eigenvalue weighted by Crippen LogP contribution is -2.33. The number of carbonyl (C=O) groups is 1. The molecule has 0 spiro atoms. The van der Waals surface area contributed by atoms with Gasteiger partial charge < -0.3 is 10.0 Å². The molecule has 0 aliphatic carbocycles. The van der Waals surface area contributed by atoms with Gasteiger partial charge in [0.05, 0.1) is 18.5 Å². The van der Waals surface area contributed by atoms with Crippen molar-refractivity contribution in [1.29, 1.82) is 0 Å². The molecule has 1 aromatic carbocycles. The summed E-state index contributed by atoms with van der Waals surface area (Å²) in [5, 5.41) is 13.5. The Balaban J connectivity index is 1.77. The lowest BCUT2D eigenvalue weighted by atomic mass is 10.1. The summed E-state index contributed by atoms with van der Waals surface area (Å²) in [7, 11) is 0. The molecule has 2 heterocycles. The number of hydrogen-bond acceptors (Lipinski definition) is 4. The maximum atomic E-state index is 12.8. The van der Waals surface area contributed by atoms with Crippen molar-refractivity contribution < 1.29 is 9.90 Å². The van der Waals surface area contributed by atoms with Crippen molar-refractivity contribution in [3.8, 4) is 5.69 Å². The van der Waals surface area contributed by atoms with Gasteiger partial charge in [-0.1, -0.05) is 6.07 Å². The first-order valence-electron chi connectivity index (χ1n) is 8.08. The van der Waals surface area contributed by atoms with E-state index in [1.54, 1.807) is 40.3 Å². The average Bonchev–Trinajstić information content (AvgIpc) is 3.08. The number of pyridine rings is 1. The summed E-state index contributed by atoms with van der Waals surface area (Å²) < 4.78 is 1.77. The van der Waals surface area contributed by atoms with Crippen molar-refractivity contribution in [2.24, 2.45) is 0 Å². The molecular formula is C19H20N4O2. The van der Waals surface area contributed by atoms with Gasteiger partial charge in [0.1, 0.15) is 0 Å². The summed E-state index contributed by atoms with van der Waals surface area (Å²) in [5.74, 6) is -0.124. The summed E-state index contributed by atoms with van der Waals surface area (Å²) in [4.78, 5) is 18.4. The molecular weight excluding hydrogens is 316 g/mol. The molecule has 0 fully saturated rings. The maximum absolute atomic E-state index is 12.8. The number of amides is 1. The number of aromatic nitrogens is 3. The molecule has 0 saturated carbocycles. The Hall–Kier alpha value is -2.99. The highest BCUT2D eigenvalue weighted by Gasteiger charge is 2.16. The fourth-order valence-electron chi connectivity index (χ4n) is 2.58. The van der Waals surface area contributed by atoms with Crippen molar-refractivity contribution in [2.45, 2.75) is 13.5 Å². The molecule has 6 nitrogen and oxygen atoms in total. The van der Waals surface area contributed by atoms with Gasteiger partial charge in [0.2, 0.25) is 0 Å². The highest BCUT2D eigenvalue weighted by molar-refractivity contribution is 5.94. The number of hydrogen-bond donors (Lipinski definition) is 1. The van der Waals surface area contributed by atoms with Gasteiger partial charge in [-0.25, -0.2) is 4.68 Å². The van der Waals surface area contributed by atoms with E-state index < -0.39 is 0 Å². The van der Waals surface area contributed by atoms with Gasteiger partial charge in [0.15, 0.2) is 0 Å². The number of nitrogens with zero attached hydrogens (tertiary/aromatic N) is 4. The third kappa shape index (κ3) is 4.10. The number of benzene rings is 1. The Kier molecular flexibility index (Phi) is 5.20. The Labute approximate surface area is 146 Å². The first-order valence-corrected chi connectivity index (χ1v) is 8.08. The zero-order valence-electron chi connectivity index (χ0n) is 14.0. The molecule has 1 N–H and O–H groups in total. The van der Waals surface area contributed by atoms with E-state index in [-0.39, 0.29) is 19.1 Å². The number of aliphatic hydroxyl groups is 1. The number of aliphatic hydroxyl groups excluding tert-OH is 1. The number of rotatable bonds is 6. The number of aryl methyl sites for hydroxylation is 1. The molecule has 0 saturated heterocycles. The van der Waals surface area contributed by atoms with Gasteiger partial charge in [-0.15, -0.1) is 0 Å². The maximum Gasteiger partial charge on any atom is 0.254 e. The van der Waals surface area contributed by atoms with Crippen LogP contribution in [0.4, 0.5) is 0 Å². The summed E-state index contributed by atoms with van der Waals surface area (Å²) in [5.41, 5.74) is 3.47. The monoisotopic (exact) mass is 336 g/mol. The summed E-state index contributed by atoms with van der Waals surface area (Å²) >= 11 is 0. The largest absolute Gasteiger partial charge is 0.395 e. The Bertz CT molecular complexity index is 828. The third-order valence-corrected chi connectivity index (χ3v) is 3.84. The van der Waals surface area contributed by atoms with Crippen molar-refractivity contribution in [3.63, 3.8) is 0 Å². The lowest BCUT2D eigenvalue weighted by molar-refractivity contribution is 0.0707. The minimum absolute atomic E-state index is 0.0867. The highest BCUT2D eigenvalue weighted by atomic mass is 16.3. The predicted molar refractivity (Wildman–Crippen MR) is 94.4 cm³/mol. The SMILES string of the molecule is Cc1cnn(-c2ccc(C(=O)N(CCO)Cc3cccnc3)cc2)c1. The standard InChI is InChI=1S/C19H20N4O2/c1-15-11-21-23(13-15)18-6-4-17(5-7-18)19(25)22(9-10-24)14-16-3-2-8-20-12-16/h2-8,11-13,24H,9-10,14H2,1H3. The molecule has 0 bridgehead atoms. The Morgan fingerprint density at radius 3 is 2.60 bits per heavy atom. The van der Waals surface area contributed by atoms with E-state index in [0.717, 1.165) is 16.8 Å². The second-order valence-corrected chi connectivity index (χ2v) is 5.82. The van der Waals surface area contributed by atoms with Crippen molar-refractivity contribution in [1.82, 2.24) is 19.7 Å². The predicted octanol–water partition coefficient (Wildman–Crippen LogP) is 2.21. The van der Waals surface area contributed by atoms with Crippen LogP contribution in [0.1, 0.15) is 21.5 Å². The van der Waals surface area contributed by atoms with E-state index in [0.29, 0.717) is 12.1 Å². The van der Waals surface area contributed by atoms with E-state index >= 15 is 0 Å². The smallest absolute Gasteiger partial charge is 0.254 e. The molecule has 6 heteroatoms. The molecule has 0 atom stereocenters. The molecule has 0 unspecified atom stereocenters. The van der Waals surface area contributed by atoms with Crippen LogP contribution in [0.2, 0.25) is 0 Å². The molecule has 2 aromatic heterocycles. The third-order valence-electron chi connectivity index (χ3n) is 3.84. The minimum atomic E-state index is -0.124. The van der Waals surface area contributed by atoms with Gasteiger partial charge in [-0.2, -0.15) is 5.10 Å². The quantitative estimate of drug-likeness (QED) is 0.749. The molecule has 0 aliphatic rings. The van der Waals surface area contributed by atoms with Crippen molar-refractivity contribution >= 4 is 5.91 Å². The fraction of sp³-hybridized carbons (Fsp3) is 0.211.